The van der Waals surface area contributed by atoms with E-state index >= 15 is 0 Å². The molecule has 2 N–H and O–H groups in total. The summed E-state index contributed by atoms with van der Waals surface area (Å²) in [6.07, 6.45) is 3.79. The molecule has 0 unspecified atom stereocenters. The summed E-state index contributed by atoms with van der Waals surface area (Å²) >= 11 is 0. The van der Waals surface area contributed by atoms with Crippen LogP contribution in [0.2, 0.25) is 0 Å². The molecule has 0 aliphatic carbocycles. The second kappa shape index (κ2) is 8.70. The number of hydrogen-bond donors (Lipinski definition) is 2. The topological polar surface area (TPSA) is 76.0 Å². The number of hydrogen-bond acceptors (Lipinski definition) is 5. The Balaban J connectivity index is 2.90. The van der Waals surface area contributed by atoms with E-state index in [4.69, 9.17) is 9.47 Å². The van der Waals surface area contributed by atoms with Crippen LogP contribution in [0.1, 0.15) is 44.7 Å². The third-order valence-electron chi connectivity index (χ3n) is 3.51. The van der Waals surface area contributed by atoms with Gasteiger partial charge in [-0.1, -0.05) is 32.9 Å². The number of benzene rings is 1. The van der Waals surface area contributed by atoms with Crippen molar-refractivity contribution >= 4 is 12.0 Å². The second-order valence-electron chi connectivity index (χ2n) is 5.78. The second-order valence-corrected chi connectivity index (χ2v) is 5.78. The van der Waals surface area contributed by atoms with Crippen LogP contribution in [-0.2, 0) is 15.3 Å². The van der Waals surface area contributed by atoms with Crippen LogP contribution in [0.25, 0.3) is 6.08 Å². The summed E-state index contributed by atoms with van der Waals surface area (Å²) in [5.74, 6) is -1.62. The van der Waals surface area contributed by atoms with Crippen molar-refractivity contribution in [3.63, 3.8) is 0 Å². The Morgan fingerprint density at radius 3 is 2.61 bits per heavy atom. The fraction of sp³-hybridized carbons (Fsp3) is 0.500. The monoisotopic (exact) mass is 322 g/mol. The number of carbonyl (C=O) groups is 1. The van der Waals surface area contributed by atoms with Crippen LogP contribution in [-0.4, -0.2) is 29.9 Å². The van der Waals surface area contributed by atoms with Gasteiger partial charge in [0.2, 0.25) is 0 Å². The summed E-state index contributed by atoms with van der Waals surface area (Å²) in [4.78, 5) is 11.7. The molecule has 1 rings (SSSR count). The fourth-order valence-corrected chi connectivity index (χ4v) is 2.02. The maximum absolute atomic E-state index is 11.7. The van der Waals surface area contributed by atoms with Gasteiger partial charge in [-0.25, -0.2) is 4.79 Å². The minimum atomic E-state index is -1.98. The van der Waals surface area contributed by atoms with Crippen molar-refractivity contribution in [1.82, 2.24) is 0 Å². The Morgan fingerprint density at radius 1 is 1.35 bits per heavy atom. The molecule has 0 fully saturated rings. The molecule has 0 radical (unpaired) electrons. The maximum atomic E-state index is 11.7. The Kier molecular flexibility index (Phi) is 7.26. The Labute approximate surface area is 137 Å². The summed E-state index contributed by atoms with van der Waals surface area (Å²) < 4.78 is 10.4. The molecular formula is C18H26O5. The number of methoxy groups -OCH3 is 1. The largest absolute Gasteiger partial charge is 0.496 e. The van der Waals surface area contributed by atoms with Crippen molar-refractivity contribution < 1.29 is 24.5 Å². The molecule has 1 aromatic rings. The van der Waals surface area contributed by atoms with Crippen molar-refractivity contribution in [3.8, 4) is 5.75 Å². The van der Waals surface area contributed by atoms with Crippen LogP contribution >= 0.6 is 0 Å². The highest BCUT2D eigenvalue weighted by molar-refractivity contribution is 5.87. The normalized spacial score (nSPS) is 12.0. The van der Waals surface area contributed by atoms with Gasteiger partial charge in [-0.2, -0.15) is 0 Å². The molecule has 5 heteroatoms. The van der Waals surface area contributed by atoms with Crippen LogP contribution in [0.4, 0.5) is 0 Å². The van der Waals surface area contributed by atoms with Crippen LogP contribution in [0, 0.1) is 5.92 Å². The van der Waals surface area contributed by atoms with E-state index < -0.39 is 11.8 Å². The van der Waals surface area contributed by atoms with Gasteiger partial charge in [0.25, 0.3) is 0 Å². The van der Waals surface area contributed by atoms with Crippen LogP contribution in [0.15, 0.2) is 24.3 Å². The first-order valence-corrected chi connectivity index (χ1v) is 7.78. The molecular weight excluding hydrogens is 296 g/mol. The third kappa shape index (κ3) is 5.69. The Bertz CT molecular complexity index is 546. The van der Waals surface area contributed by atoms with Crippen molar-refractivity contribution in [2.45, 2.75) is 39.4 Å². The molecule has 0 bridgehead atoms. The average Bonchev–Trinajstić information content (AvgIpc) is 2.52. The molecule has 23 heavy (non-hydrogen) atoms. The van der Waals surface area contributed by atoms with E-state index in [1.807, 2.05) is 0 Å². The van der Waals surface area contributed by atoms with E-state index in [0.717, 1.165) is 6.42 Å². The first-order chi connectivity index (χ1) is 10.8. The zero-order chi connectivity index (χ0) is 17.5. The van der Waals surface area contributed by atoms with E-state index in [1.165, 1.54) is 13.2 Å². The number of aliphatic hydroxyl groups is 2. The number of esters is 1. The summed E-state index contributed by atoms with van der Waals surface area (Å²) in [7, 11) is 1.45. The summed E-state index contributed by atoms with van der Waals surface area (Å²) in [6, 6.07) is 4.99. The smallest absolute Gasteiger partial charge is 0.330 e. The lowest BCUT2D eigenvalue weighted by atomic mass is 9.99. The summed E-state index contributed by atoms with van der Waals surface area (Å²) in [5.41, 5.74) is 0.838. The molecule has 0 heterocycles. The molecule has 0 saturated carbocycles. The minimum Gasteiger partial charge on any atom is -0.496 e. The highest BCUT2D eigenvalue weighted by Crippen LogP contribution is 2.33. The van der Waals surface area contributed by atoms with E-state index in [1.54, 1.807) is 31.2 Å². The van der Waals surface area contributed by atoms with Gasteiger partial charge in [0.1, 0.15) is 5.75 Å². The standard InChI is InChI=1S/C18H26O5/c1-5-18(20,21)15-8-6-7-14(17(15)22-4)9-10-16(19)23-12-11-13(2)3/h6-10,13,20-21H,5,11-12H2,1-4H3/b10-9+. The van der Waals surface area contributed by atoms with Crippen LogP contribution < -0.4 is 4.74 Å². The van der Waals surface area contributed by atoms with Gasteiger partial charge in [0.15, 0.2) is 5.79 Å². The quantitative estimate of drug-likeness (QED) is 0.437. The molecule has 0 aliphatic heterocycles. The van der Waals surface area contributed by atoms with Crippen molar-refractivity contribution in [1.29, 1.82) is 0 Å². The first kappa shape index (κ1) is 19.2. The van der Waals surface area contributed by atoms with Crippen molar-refractivity contribution in [3.05, 3.63) is 35.4 Å². The lowest BCUT2D eigenvalue weighted by molar-refractivity contribution is -0.172. The fourth-order valence-electron chi connectivity index (χ4n) is 2.02. The highest BCUT2D eigenvalue weighted by Gasteiger charge is 2.28. The number of rotatable bonds is 8. The van der Waals surface area contributed by atoms with E-state index in [9.17, 15) is 15.0 Å². The number of para-hydroxylation sites is 1. The van der Waals surface area contributed by atoms with Gasteiger partial charge in [0.05, 0.1) is 19.3 Å². The molecule has 128 valence electrons. The molecule has 0 saturated heterocycles. The summed E-state index contributed by atoms with van der Waals surface area (Å²) in [6.45, 7) is 6.16. The van der Waals surface area contributed by atoms with Crippen LogP contribution in [0.3, 0.4) is 0 Å². The third-order valence-corrected chi connectivity index (χ3v) is 3.51. The van der Waals surface area contributed by atoms with Gasteiger partial charge >= 0.3 is 5.97 Å². The zero-order valence-electron chi connectivity index (χ0n) is 14.2. The van der Waals surface area contributed by atoms with E-state index in [-0.39, 0.29) is 12.0 Å². The molecule has 0 aromatic heterocycles. The van der Waals surface area contributed by atoms with Gasteiger partial charge < -0.3 is 19.7 Å². The van der Waals surface area contributed by atoms with Gasteiger partial charge in [-0.15, -0.1) is 0 Å². The summed E-state index contributed by atoms with van der Waals surface area (Å²) in [5, 5.41) is 20.1. The lowest BCUT2D eigenvalue weighted by Gasteiger charge is -2.23. The van der Waals surface area contributed by atoms with Gasteiger partial charge in [0, 0.05) is 18.1 Å². The van der Waals surface area contributed by atoms with Gasteiger partial charge in [-0.3, -0.25) is 0 Å². The minimum absolute atomic E-state index is 0.119. The SMILES string of the molecule is CCC(O)(O)c1cccc(/C=C/C(=O)OCCC(C)C)c1OC. The molecule has 0 spiro atoms. The predicted molar refractivity (Wildman–Crippen MR) is 88.8 cm³/mol. The van der Waals surface area contributed by atoms with Crippen LogP contribution in [0.5, 0.6) is 5.75 Å². The predicted octanol–water partition coefficient (Wildman–Crippen LogP) is 2.85. The maximum Gasteiger partial charge on any atom is 0.330 e. The van der Waals surface area contributed by atoms with Crippen molar-refractivity contribution in [2.24, 2.45) is 5.92 Å². The molecule has 5 nitrogen and oxygen atoms in total. The number of carbonyl (C=O) groups excluding carboxylic acids is 1. The Hall–Kier alpha value is -1.85. The average molecular weight is 322 g/mol. The molecule has 0 aliphatic rings. The highest BCUT2D eigenvalue weighted by atomic mass is 16.5. The molecule has 1 aromatic carbocycles. The number of ether oxygens (including phenoxy) is 2. The lowest BCUT2D eigenvalue weighted by Crippen LogP contribution is -2.24. The van der Waals surface area contributed by atoms with E-state index in [0.29, 0.717) is 23.8 Å². The van der Waals surface area contributed by atoms with Gasteiger partial charge in [-0.05, 0) is 24.5 Å². The van der Waals surface area contributed by atoms with E-state index in [2.05, 4.69) is 13.8 Å². The molecule has 0 amide bonds. The van der Waals surface area contributed by atoms with Crippen molar-refractivity contribution in [2.75, 3.05) is 13.7 Å². The Morgan fingerprint density at radius 2 is 2.04 bits per heavy atom. The zero-order valence-corrected chi connectivity index (χ0v) is 14.2. The molecule has 0 atom stereocenters. The first-order valence-electron chi connectivity index (χ1n) is 7.78.